The van der Waals surface area contributed by atoms with E-state index < -0.39 is 0 Å². The lowest BCUT2D eigenvalue weighted by Crippen LogP contribution is -2.25. The Morgan fingerprint density at radius 1 is 1.22 bits per heavy atom. The van der Waals surface area contributed by atoms with E-state index in [1.54, 1.807) is 24.5 Å². The van der Waals surface area contributed by atoms with Crippen molar-refractivity contribution in [1.82, 2.24) is 10.3 Å². The van der Waals surface area contributed by atoms with Gasteiger partial charge in [0.1, 0.15) is 0 Å². The number of pyridine rings is 1. The molecule has 2 rings (SSSR count). The van der Waals surface area contributed by atoms with Gasteiger partial charge in [0.15, 0.2) is 0 Å². The third-order valence-electron chi connectivity index (χ3n) is 2.50. The van der Waals surface area contributed by atoms with Crippen molar-refractivity contribution in [2.45, 2.75) is 6.42 Å². The van der Waals surface area contributed by atoms with Crippen LogP contribution >= 0.6 is 15.9 Å². The molecular formula is C14H13BrN2O. The summed E-state index contributed by atoms with van der Waals surface area (Å²) in [5.74, 6) is -0.0430. The zero-order valence-electron chi connectivity index (χ0n) is 9.77. The molecule has 0 spiro atoms. The van der Waals surface area contributed by atoms with Gasteiger partial charge >= 0.3 is 0 Å². The normalized spacial score (nSPS) is 10.1. The number of nitrogens with zero attached hydrogens (tertiary/aromatic N) is 1. The molecule has 0 fully saturated rings. The van der Waals surface area contributed by atoms with Crippen LogP contribution in [0, 0.1) is 0 Å². The minimum Gasteiger partial charge on any atom is -0.352 e. The van der Waals surface area contributed by atoms with Crippen molar-refractivity contribution >= 4 is 21.8 Å². The lowest BCUT2D eigenvalue weighted by Gasteiger charge is -2.05. The second kappa shape index (κ2) is 6.31. The highest BCUT2D eigenvalue weighted by Crippen LogP contribution is 2.09. The first-order valence-corrected chi connectivity index (χ1v) is 6.47. The molecule has 1 N–H and O–H groups in total. The van der Waals surface area contributed by atoms with Crippen molar-refractivity contribution < 1.29 is 4.79 Å². The van der Waals surface area contributed by atoms with E-state index in [1.807, 2.05) is 24.3 Å². The van der Waals surface area contributed by atoms with Gasteiger partial charge in [0.25, 0.3) is 5.91 Å². The molecule has 1 aromatic heterocycles. The van der Waals surface area contributed by atoms with Crippen LogP contribution in [0.15, 0.2) is 53.3 Å². The lowest BCUT2D eigenvalue weighted by atomic mass is 10.2. The van der Waals surface area contributed by atoms with E-state index >= 15 is 0 Å². The van der Waals surface area contributed by atoms with Gasteiger partial charge in [0.05, 0.1) is 0 Å². The summed E-state index contributed by atoms with van der Waals surface area (Å²) in [6.07, 6.45) is 4.32. The number of rotatable bonds is 4. The lowest BCUT2D eigenvalue weighted by molar-refractivity contribution is 0.0954. The van der Waals surface area contributed by atoms with Crippen LogP contribution in [-0.4, -0.2) is 17.4 Å². The van der Waals surface area contributed by atoms with Crippen molar-refractivity contribution in [3.8, 4) is 0 Å². The Morgan fingerprint density at radius 3 is 2.72 bits per heavy atom. The Kier molecular flexibility index (Phi) is 4.47. The largest absolute Gasteiger partial charge is 0.352 e. The molecule has 2 aromatic rings. The quantitative estimate of drug-likeness (QED) is 0.944. The monoisotopic (exact) mass is 304 g/mol. The second-order valence-electron chi connectivity index (χ2n) is 3.88. The molecule has 1 amide bonds. The van der Waals surface area contributed by atoms with Crippen molar-refractivity contribution in [1.29, 1.82) is 0 Å². The highest BCUT2D eigenvalue weighted by Gasteiger charge is 2.03. The highest BCUT2D eigenvalue weighted by molar-refractivity contribution is 9.10. The zero-order valence-corrected chi connectivity index (χ0v) is 11.4. The van der Waals surface area contributed by atoms with Crippen molar-refractivity contribution in [2.75, 3.05) is 6.54 Å². The fourth-order valence-corrected chi connectivity index (χ4v) is 2.02. The van der Waals surface area contributed by atoms with Crippen molar-refractivity contribution in [2.24, 2.45) is 0 Å². The maximum atomic E-state index is 11.8. The van der Waals surface area contributed by atoms with Gasteiger partial charge in [-0.05, 0) is 46.1 Å². The average molecular weight is 305 g/mol. The van der Waals surface area contributed by atoms with Gasteiger partial charge in [0.2, 0.25) is 0 Å². The van der Waals surface area contributed by atoms with E-state index in [4.69, 9.17) is 0 Å². The molecule has 0 unspecified atom stereocenters. The molecule has 0 aliphatic rings. The summed E-state index contributed by atoms with van der Waals surface area (Å²) in [4.78, 5) is 15.8. The summed E-state index contributed by atoms with van der Waals surface area (Å²) in [7, 11) is 0. The Labute approximate surface area is 114 Å². The van der Waals surface area contributed by atoms with E-state index in [0.29, 0.717) is 12.1 Å². The van der Waals surface area contributed by atoms with Gasteiger partial charge in [-0.1, -0.05) is 18.2 Å². The van der Waals surface area contributed by atoms with Crippen LogP contribution in [0.3, 0.4) is 0 Å². The minimum atomic E-state index is -0.0430. The average Bonchev–Trinajstić information content (AvgIpc) is 2.40. The van der Waals surface area contributed by atoms with Crippen LogP contribution in [0.2, 0.25) is 0 Å². The number of hydrogen-bond donors (Lipinski definition) is 1. The maximum absolute atomic E-state index is 11.8. The predicted octanol–water partition coefficient (Wildman–Crippen LogP) is 2.82. The molecular weight excluding hydrogens is 292 g/mol. The number of aromatic nitrogens is 1. The predicted molar refractivity (Wildman–Crippen MR) is 74.4 cm³/mol. The number of halogens is 1. The summed E-state index contributed by atoms with van der Waals surface area (Å²) in [6, 6.07) is 11.2. The molecule has 0 aliphatic carbocycles. The second-order valence-corrected chi connectivity index (χ2v) is 4.80. The van der Waals surface area contributed by atoms with Gasteiger partial charge in [-0.15, -0.1) is 0 Å². The molecule has 1 aromatic carbocycles. The molecule has 0 saturated carbocycles. The number of carbonyl (C=O) groups excluding carboxylic acids is 1. The summed E-state index contributed by atoms with van der Waals surface area (Å²) in [5.41, 5.74) is 1.78. The Morgan fingerprint density at radius 2 is 2.00 bits per heavy atom. The number of hydrogen-bond acceptors (Lipinski definition) is 2. The molecule has 0 atom stereocenters. The van der Waals surface area contributed by atoms with Crippen LogP contribution in [0.4, 0.5) is 0 Å². The molecule has 92 valence electrons. The molecule has 0 radical (unpaired) electrons. The zero-order chi connectivity index (χ0) is 12.8. The number of carbonyl (C=O) groups is 1. The Hall–Kier alpha value is -1.68. The molecule has 1 heterocycles. The molecule has 3 nitrogen and oxygen atoms in total. The van der Waals surface area contributed by atoms with Crippen LogP contribution < -0.4 is 5.32 Å². The Balaban J connectivity index is 1.84. The number of amides is 1. The summed E-state index contributed by atoms with van der Waals surface area (Å²) in [6.45, 7) is 0.603. The van der Waals surface area contributed by atoms with Gasteiger partial charge in [-0.3, -0.25) is 9.78 Å². The van der Waals surface area contributed by atoms with E-state index in [9.17, 15) is 4.79 Å². The fraction of sp³-hybridized carbons (Fsp3) is 0.143. The fourth-order valence-electron chi connectivity index (χ4n) is 1.60. The van der Waals surface area contributed by atoms with Crippen LogP contribution in [0.1, 0.15) is 15.9 Å². The molecule has 18 heavy (non-hydrogen) atoms. The minimum absolute atomic E-state index is 0.0430. The summed E-state index contributed by atoms with van der Waals surface area (Å²) >= 11 is 3.37. The third-order valence-corrected chi connectivity index (χ3v) is 2.93. The third kappa shape index (κ3) is 3.67. The van der Waals surface area contributed by atoms with Crippen molar-refractivity contribution in [3.63, 3.8) is 0 Å². The summed E-state index contributed by atoms with van der Waals surface area (Å²) < 4.78 is 0.953. The van der Waals surface area contributed by atoms with Gasteiger partial charge in [-0.2, -0.15) is 0 Å². The van der Waals surface area contributed by atoms with Crippen LogP contribution in [-0.2, 0) is 6.42 Å². The van der Waals surface area contributed by atoms with Gasteiger partial charge in [0, 0.05) is 29.0 Å². The molecule has 0 saturated heterocycles. The summed E-state index contributed by atoms with van der Waals surface area (Å²) in [5, 5.41) is 2.88. The number of benzene rings is 1. The molecule has 0 bridgehead atoms. The SMILES string of the molecule is O=C(NCCc1cncc(Br)c1)c1ccccc1. The van der Waals surface area contributed by atoms with Crippen LogP contribution in [0.5, 0.6) is 0 Å². The van der Waals surface area contributed by atoms with Crippen LogP contribution in [0.25, 0.3) is 0 Å². The van der Waals surface area contributed by atoms with Gasteiger partial charge < -0.3 is 5.32 Å². The topological polar surface area (TPSA) is 42.0 Å². The standard InChI is InChI=1S/C14H13BrN2O/c15-13-8-11(9-16-10-13)6-7-17-14(18)12-4-2-1-3-5-12/h1-5,8-10H,6-7H2,(H,17,18). The molecule has 0 aliphatic heterocycles. The Bertz CT molecular complexity index is 528. The maximum Gasteiger partial charge on any atom is 0.251 e. The number of nitrogens with one attached hydrogen (secondary N) is 1. The van der Waals surface area contributed by atoms with E-state index in [1.165, 1.54) is 0 Å². The van der Waals surface area contributed by atoms with E-state index in [-0.39, 0.29) is 5.91 Å². The first kappa shape index (κ1) is 12.8. The van der Waals surface area contributed by atoms with Crippen molar-refractivity contribution in [3.05, 3.63) is 64.4 Å². The molecule has 4 heteroatoms. The smallest absolute Gasteiger partial charge is 0.251 e. The highest BCUT2D eigenvalue weighted by atomic mass is 79.9. The van der Waals surface area contributed by atoms with E-state index in [2.05, 4.69) is 26.2 Å². The first-order chi connectivity index (χ1) is 8.75. The van der Waals surface area contributed by atoms with Gasteiger partial charge in [-0.25, -0.2) is 0 Å². The van der Waals surface area contributed by atoms with E-state index in [0.717, 1.165) is 16.5 Å². The first-order valence-electron chi connectivity index (χ1n) is 5.68.